The SMILES string of the molecule is Cc1c(N)cc(Br)cc1C(=O)N1CCN(C)C(=O)C1(C)C. The lowest BCUT2D eigenvalue weighted by Gasteiger charge is -2.44. The third-order valence-corrected chi connectivity index (χ3v) is 4.55. The molecule has 1 aliphatic rings. The lowest BCUT2D eigenvalue weighted by molar-refractivity contribution is -0.144. The van der Waals surface area contributed by atoms with Gasteiger partial charge < -0.3 is 15.5 Å². The number of piperazine rings is 1. The van der Waals surface area contributed by atoms with E-state index in [4.69, 9.17) is 5.73 Å². The van der Waals surface area contributed by atoms with Crippen LogP contribution < -0.4 is 5.73 Å². The maximum atomic E-state index is 12.9. The lowest BCUT2D eigenvalue weighted by atomic mass is 9.95. The van der Waals surface area contributed by atoms with Crippen LogP contribution in [0.2, 0.25) is 0 Å². The molecule has 1 fully saturated rings. The lowest BCUT2D eigenvalue weighted by Crippen LogP contribution is -2.63. The fourth-order valence-electron chi connectivity index (χ4n) is 2.64. The number of likely N-dealkylation sites (N-methyl/N-ethyl adjacent to an activating group) is 1. The van der Waals surface area contributed by atoms with Gasteiger partial charge in [0.25, 0.3) is 5.91 Å². The molecule has 114 valence electrons. The number of nitrogens with zero attached hydrogens (tertiary/aromatic N) is 2. The molecular weight excluding hydrogens is 334 g/mol. The molecule has 1 aliphatic heterocycles. The summed E-state index contributed by atoms with van der Waals surface area (Å²) in [4.78, 5) is 28.5. The first-order valence-electron chi connectivity index (χ1n) is 6.79. The Kier molecular flexibility index (Phi) is 4.02. The summed E-state index contributed by atoms with van der Waals surface area (Å²) in [5.74, 6) is -0.213. The second-order valence-electron chi connectivity index (χ2n) is 5.91. The van der Waals surface area contributed by atoms with Gasteiger partial charge >= 0.3 is 0 Å². The van der Waals surface area contributed by atoms with Crippen LogP contribution in [0, 0.1) is 6.92 Å². The predicted octanol–water partition coefficient (Wildman–Crippen LogP) is 2.03. The number of amides is 2. The van der Waals surface area contributed by atoms with Crippen molar-refractivity contribution in [2.75, 3.05) is 25.9 Å². The van der Waals surface area contributed by atoms with Gasteiger partial charge in [0.05, 0.1) is 0 Å². The molecule has 5 nitrogen and oxygen atoms in total. The van der Waals surface area contributed by atoms with Crippen molar-refractivity contribution in [1.29, 1.82) is 0 Å². The van der Waals surface area contributed by atoms with E-state index < -0.39 is 5.54 Å². The summed E-state index contributed by atoms with van der Waals surface area (Å²) in [5.41, 5.74) is 6.91. The molecule has 1 heterocycles. The number of rotatable bonds is 1. The minimum atomic E-state index is -0.854. The van der Waals surface area contributed by atoms with Gasteiger partial charge in [0.2, 0.25) is 5.91 Å². The van der Waals surface area contributed by atoms with Gasteiger partial charge in [0, 0.05) is 35.9 Å². The Hall–Kier alpha value is -1.56. The number of hydrogen-bond acceptors (Lipinski definition) is 3. The largest absolute Gasteiger partial charge is 0.398 e. The minimum Gasteiger partial charge on any atom is -0.398 e. The van der Waals surface area contributed by atoms with Crippen molar-refractivity contribution in [3.05, 3.63) is 27.7 Å². The number of hydrogen-bond donors (Lipinski definition) is 1. The van der Waals surface area contributed by atoms with E-state index >= 15 is 0 Å². The molecule has 0 radical (unpaired) electrons. The molecule has 2 N–H and O–H groups in total. The summed E-state index contributed by atoms with van der Waals surface area (Å²) in [5, 5.41) is 0. The van der Waals surface area contributed by atoms with Gasteiger partial charge in [-0.05, 0) is 38.5 Å². The summed E-state index contributed by atoms with van der Waals surface area (Å²) in [6.45, 7) is 6.43. The van der Waals surface area contributed by atoms with Crippen molar-refractivity contribution < 1.29 is 9.59 Å². The molecule has 0 spiro atoms. The Bertz CT molecular complexity index is 613. The minimum absolute atomic E-state index is 0.0530. The van der Waals surface area contributed by atoms with Gasteiger partial charge in [-0.3, -0.25) is 9.59 Å². The molecule has 0 aromatic heterocycles. The Morgan fingerprint density at radius 2 is 1.95 bits per heavy atom. The summed E-state index contributed by atoms with van der Waals surface area (Å²) >= 11 is 3.36. The van der Waals surface area contributed by atoms with Gasteiger partial charge in [-0.2, -0.15) is 0 Å². The van der Waals surface area contributed by atoms with Crippen molar-refractivity contribution in [2.45, 2.75) is 26.3 Å². The summed E-state index contributed by atoms with van der Waals surface area (Å²) in [6, 6.07) is 3.53. The van der Waals surface area contributed by atoms with Crippen LogP contribution in [0.5, 0.6) is 0 Å². The molecule has 0 unspecified atom stereocenters. The third-order valence-electron chi connectivity index (χ3n) is 4.09. The third kappa shape index (κ3) is 2.64. The quantitative estimate of drug-likeness (QED) is 0.785. The van der Waals surface area contributed by atoms with Crippen molar-refractivity contribution in [3.8, 4) is 0 Å². The van der Waals surface area contributed by atoms with E-state index in [2.05, 4.69) is 15.9 Å². The first-order valence-corrected chi connectivity index (χ1v) is 7.58. The number of nitrogens with two attached hydrogens (primary N) is 1. The number of carbonyl (C=O) groups excluding carboxylic acids is 2. The highest BCUT2D eigenvalue weighted by Gasteiger charge is 2.43. The van der Waals surface area contributed by atoms with E-state index in [9.17, 15) is 9.59 Å². The molecule has 21 heavy (non-hydrogen) atoms. The molecule has 1 aromatic carbocycles. The van der Waals surface area contributed by atoms with E-state index in [0.29, 0.717) is 24.3 Å². The Morgan fingerprint density at radius 1 is 1.33 bits per heavy atom. The van der Waals surface area contributed by atoms with Crippen molar-refractivity contribution >= 4 is 33.4 Å². The summed E-state index contributed by atoms with van der Waals surface area (Å²) in [6.07, 6.45) is 0. The summed E-state index contributed by atoms with van der Waals surface area (Å²) < 4.78 is 0.757. The molecule has 6 heteroatoms. The van der Waals surface area contributed by atoms with Gasteiger partial charge in [0.1, 0.15) is 5.54 Å². The average molecular weight is 354 g/mol. The molecule has 0 bridgehead atoms. The zero-order chi connectivity index (χ0) is 15.9. The van der Waals surface area contributed by atoms with E-state index in [1.165, 1.54) is 0 Å². The second-order valence-corrected chi connectivity index (χ2v) is 6.83. The normalized spacial score (nSPS) is 18.0. The number of nitrogen functional groups attached to an aromatic ring is 1. The molecule has 1 aromatic rings. The Morgan fingerprint density at radius 3 is 2.57 bits per heavy atom. The van der Waals surface area contributed by atoms with Crippen LogP contribution in [-0.2, 0) is 4.79 Å². The summed E-state index contributed by atoms with van der Waals surface area (Å²) in [7, 11) is 1.76. The van der Waals surface area contributed by atoms with Crippen molar-refractivity contribution in [1.82, 2.24) is 9.80 Å². The van der Waals surface area contributed by atoms with Crippen LogP contribution in [0.1, 0.15) is 29.8 Å². The predicted molar refractivity (Wildman–Crippen MR) is 86.0 cm³/mol. The highest BCUT2D eigenvalue weighted by molar-refractivity contribution is 9.10. The first-order chi connectivity index (χ1) is 9.66. The molecule has 2 rings (SSSR count). The van der Waals surface area contributed by atoms with E-state index in [0.717, 1.165) is 10.0 Å². The molecule has 0 atom stereocenters. The zero-order valence-electron chi connectivity index (χ0n) is 12.7. The van der Waals surface area contributed by atoms with Crippen molar-refractivity contribution in [2.24, 2.45) is 0 Å². The van der Waals surface area contributed by atoms with Crippen LogP contribution in [0.4, 0.5) is 5.69 Å². The van der Waals surface area contributed by atoms with Crippen LogP contribution >= 0.6 is 15.9 Å². The fourth-order valence-corrected chi connectivity index (χ4v) is 3.11. The van der Waals surface area contributed by atoms with E-state index in [1.54, 1.807) is 42.8 Å². The smallest absolute Gasteiger partial charge is 0.255 e. The molecule has 2 amide bonds. The number of anilines is 1. The fraction of sp³-hybridized carbons (Fsp3) is 0.467. The topological polar surface area (TPSA) is 66.6 Å². The monoisotopic (exact) mass is 353 g/mol. The van der Waals surface area contributed by atoms with Gasteiger partial charge in [-0.15, -0.1) is 0 Å². The Balaban J connectivity index is 2.43. The van der Waals surface area contributed by atoms with E-state index in [-0.39, 0.29) is 11.8 Å². The highest BCUT2D eigenvalue weighted by atomic mass is 79.9. The number of carbonyl (C=O) groups is 2. The van der Waals surface area contributed by atoms with Gasteiger partial charge in [0.15, 0.2) is 0 Å². The van der Waals surface area contributed by atoms with Gasteiger partial charge in [-0.1, -0.05) is 15.9 Å². The van der Waals surface area contributed by atoms with Crippen LogP contribution in [0.15, 0.2) is 16.6 Å². The standard InChI is InChI=1S/C15H20BrN3O2/c1-9-11(7-10(16)8-12(9)17)13(20)19-6-5-18(4)14(21)15(19,2)3/h7-8H,5-6,17H2,1-4H3. The van der Waals surface area contributed by atoms with Crippen molar-refractivity contribution in [3.63, 3.8) is 0 Å². The maximum Gasteiger partial charge on any atom is 0.255 e. The number of benzene rings is 1. The Labute approximate surface area is 133 Å². The van der Waals surface area contributed by atoms with Gasteiger partial charge in [-0.25, -0.2) is 0 Å². The average Bonchev–Trinajstić information content (AvgIpc) is 2.39. The van der Waals surface area contributed by atoms with Crippen LogP contribution in [-0.4, -0.2) is 47.3 Å². The maximum absolute atomic E-state index is 12.9. The molecule has 1 saturated heterocycles. The van der Waals surface area contributed by atoms with Crippen LogP contribution in [0.25, 0.3) is 0 Å². The first kappa shape index (κ1) is 15.8. The zero-order valence-corrected chi connectivity index (χ0v) is 14.3. The second kappa shape index (κ2) is 5.33. The number of halogens is 1. The molecule has 0 saturated carbocycles. The molecular formula is C15H20BrN3O2. The van der Waals surface area contributed by atoms with E-state index in [1.807, 2.05) is 6.92 Å². The molecule has 0 aliphatic carbocycles. The van der Waals surface area contributed by atoms with Crippen LogP contribution in [0.3, 0.4) is 0 Å². The highest BCUT2D eigenvalue weighted by Crippen LogP contribution is 2.28.